The lowest BCUT2D eigenvalue weighted by atomic mass is 10.3. The van der Waals surface area contributed by atoms with Crippen LogP contribution in [0.1, 0.15) is 26.7 Å². The van der Waals surface area contributed by atoms with Crippen molar-refractivity contribution in [3.63, 3.8) is 0 Å². The van der Waals surface area contributed by atoms with Gasteiger partial charge in [0, 0.05) is 31.4 Å². The molecule has 1 saturated carbocycles. The Morgan fingerprint density at radius 2 is 2.19 bits per heavy atom. The van der Waals surface area contributed by atoms with Crippen LogP contribution < -0.4 is 10.0 Å². The van der Waals surface area contributed by atoms with E-state index >= 15 is 0 Å². The molecule has 118 valence electrons. The monoisotopic (exact) mass is 312 g/mol. The highest BCUT2D eigenvalue weighted by atomic mass is 32.2. The maximum absolute atomic E-state index is 12.4. The minimum atomic E-state index is -3.55. The molecule has 0 aromatic carbocycles. The van der Waals surface area contributed by atoms with E-state index in [4.69, 9.17) is 0 Å². The van der Waals surface area contributed by atoms with Crippen LogP contribution in [0.3, 0.4) is 0 Å². The number of nitrogens with one attached hydrogen (secondary N) is 2. The van der Waals surface area contributed by atoms with Crippen molar-refractivity contribution in [2.24, 2.45) is 0 Å². The molecule has 6 nitrogen and oxygen atoms in total. The van der Waals surface area contributed by atoms with E-state index in [0.29, 0.717) is 24.9 Å². The topological polar surface area (TPSA) is 74.3 Å². The van der Waals surface area contributed by atoms with E-state index in [2.05, 4.69) is 19.9 Å². The lowest BCUT2D eigenvalue weighted by Crippen LogP contribution is -2.41. The van der Waals surface area contributed by atoms with Crippen LogP contribution >= 0.6 is 0 Å². The van der Waals surface area contributed by atoms with E-state index in [1.54, 1.807) is 18.3 Å². The molecular formula is C14H24N4O2S. The van der Waals surface area contributed by atoms with Gasteiger partial charge < -0.3 is 5.32 Å². The molecule has 1 aromatic heterocycles. The van der Waals surface area contributed by atoms with Gasteiger partial charge in [-0.3, -0.25) is 4.90 Å². The van der Waals surface area contributed by atoms with Crippen LogP contribution in [0.25, 0.3) is 0 Å². The molecule has 1 heterocycles. The van der Waals surface area contributed by atoms with Gasteiger partial charge >= 0.3 is 0 Å². The van der Waals surface area contributed by atoms with E-state index in [1.165, 1.54) is 12.8 Å². The van der Waals surface area contributed by atoms with E-state index < -0.39 is 10.0 Å². The number of anilines is 1. The summed E-state index contributed by atoms with van der Waals surface area (Å²) < 4.78 is 27.5. The molecule has 2 N–H and O–H groups in total. The van der Waals surface area contributed by atoms with Gasteiger partial charge in [-0.1, -0.05) is 0 Å². The van der Waals surface area contributed by atoms with Crippen molar-refractivity contribution in [2.75, 3.05) is 25.5 Å². The highest BCUT2D eigenvalue weighted by Gasteiger charge is 2.30. The van der Waals surface area contributed by atoms with E-state index in [-0.39, 0.29) is 10.9 Å². The zero-order valence-corrected chi connectivity index (χ0v) is 13.7. The van der Waals surface area contributed by atoms with Crippen molar-refractivity contribution in [2.45, 2.75) is 43.7 Å². The molecule has 1 aromatic rings. The van der Waals surface area contributed by atoms with Crippen molar-refractivity contribution in [3.8, 4) is 0 Å². The number of aromatic nitrogens is 1. The first-order valence-electron chi connectivity index (χ1n) is 7.36. The van der Waals surface area contributed by atoms with Gasteiger partial charge in [0.15, 0.2) is 0 Å². The summed E-state index contributed by atoms with van der Waals surface area (Å²) in [6, 6.07) is 3.99. The molecule has 0 aliphatic heterocycles. The molecule has 0 spiro atoms. The third kappa shape index (κ3) is 4.15. The Balaban J connectivity index is 2.04. The van der Waals surface area contributed by atoms with Crippen LogP contribution in [0.15, 0.2) is 23.2 Å². The third-order valence-corrected chi connectivity index (χ3v) is 5.25. The maximum Gasteiger partial charge on any atom is 0.244 e. The summed E-state index contributed by atoms with van der Waals surface area (Å²) in [4.78, 5) is 6.53. The van der Waals surface area contributed by atoms with Gasteiger partial charge in [-0.15, -0.1) is 0 Å². The summed E-state index contributed by atoms with van der Waals surface area (Å²) >= 11 is 0. The Morgan fingerprint density at radius 3 is 2.81 bits per heavy atom. The largest absolute Gasteiger partial charge is 0.369 e. The molecule has 1 fully saturated rings. The summed E-state index contributed by atoms with van der Waals surface area (Å²) in [6.45, 7) is 4.97. The fourth-order valence-corrected chi connectivity index (χ4v) is 3.45. The van der Waals surface area contributed by atoms with Crippen LogP contribution in [0.5, 0.6) is 0 Å². The van der Waals surface area contributed by atoms with Crippen LogP contribution in [0.2, 0.25) is 0 Å². The number of rotatable bonds is 8. The van der Waals surface area contributed by atoms with Crippen LogP contribution in [0, 0.1) is 0 Å². The third-order valence-electron chi connectivity index (χ3n) is 3.79. The molecule has 1 atom stereocenters. The van der Waals surface area contributed by atoms with Gasteiger partial charge in [0.25, 0.3) is 0 Å². The fraction of sp³-hybridized carbons (Fsp3) is 0.643. The first-order valence-corrected chi connectivity index (χ1v) is 8.84. The Bertz CT molecular complexity index is 572. The molecule has 0 amide bonds. The summed E-state index contributed by atoms with van der Waals surface area (Å²) in [5.41, 5.74) is 0. The van der Waals surface area contributed by atoms with Gasteiger partial charge in [-0.05, 0) is 45.9 Å². The molecule has 1 aliphatic rings. The highest BCUT2D eigenvalue weighted by Crippen LogP contribution is 2.27. The van der Waals surface area contributed by atoms with E-state index in [9.17, 15) is 8.42 Å². The second-order valence-electron chi connectivity index (χ2n) is 5.48. The average molecular weight is 312 g/mol. The van der Waals surface area contributed by atoms with E-state index in [0.717, 1.165) is 0 Å². The molecule has 1 aliphatic carbocycles. The second kappa shape index (κ2) is 6.72. The molecule has 0 radical (unpaired) electrons. The lowest BCUT2D eigenvalue weighted by Gasteiger charge is -2.24. The molecule has 1 unspecified atom stereocenters. The van der Waals surface area contributed by atoms with Crippen LogP contribution in [-0.4, -0.2) is 50.5 Å². The molecule has 0 bridgehead atoms. The highest BCUT2D eigenvalue weighted by molar-refractivity contribution is 7.89. The van der Waals surface area contributed by atoms with Gasteiger partial charge in [-0.2, -0.15) is 0 Å². The SMILES string of the molecule is CCNc1ncccc1S(=O)(=O)NCC(C)N(C)C1CC1. The lowest BCUT2D eigenvalue weighted by molar-refractivity contribution is 0.248. The minimum absolute atomic E-state index is 0.173. The number of nitrogens with zero attached hydrogens (tertiary/aromatic N) is 2. The summed E-state index contributed by atoms with van der Waals surface area (Å²) in [6.07, 6.45) is 4.00. The number of pyridine rings is 1. The zero-order valence-electron chi connectivity index (χ0n) is 12.8. The molecule has 7 heteroatoms. The van der Waals surface area contributed by atoms with Crippen LogP contribution in [0.4, 0.5) is 5.82 Å². The van der Waals surface area contributed by atoms with Crippen molar-refractivity contribution in [3.05, 3.63) is 18.3 Å². The van der Waals surface area contributed by atoms with Crippen molar-refractivity contribution >= 4 is 15.8 Å². The fourth-order valence-electron chi connectivity index (χ4n) is 2.20. The Labute approximate surface area is 127 Å². The summed E-state index contributed by atoms with van der Waals surface area (Å²) in [5, 5.41) is 2.98. The number of likely N-dealkylation sites (N-methyl/N-ethyl adjacent to an activating group) is 1. The predicted molar refractivity (Wildman–Crippen MR) is 83.8 cm³/mol. The Hall–Kier alpha value is -1.18. The maximum atomic E-state index is 12.4. The first-order chi connectivity index (χ1) is 9.95. The van der Waals surface area contributed by atoms with Gasteiger partial charge in [0.05, 0.1) is 0 Å². The normalized spacial score (nSPS) is 17.0. The average Bonchev–Trinajstić information content (AvgIpc) is 3.29. The zero-order chi connectivity index (χ0) is 15.5. The smallest absolute Gasteiger partial charge is 0.244 e. The van der Waals surface area contributed by atoms with Crippen LogP contribution in [-0.2, 0) is 10.0 Å². The Kier molecular flexibility index (Phi) is 5.18. The van der Waals surface area contributed by atoms with Gasteiger partial charge in [-0.25, -0.2) is 18.1 Å². The first kappa shape index (κ1) is 16.2. The minimum Gasteiger partial charge on any atom is -0.369 e. The predicted octanol–water partition coefficient (Wildman–Crippen LogP) is 1.27. The molecule has 0 saturated heterocycles. The number of hydrogen-bond donors (Lipinski definition) is 2. The number of sulfonamides is 1. The van der Waals surface area contributed by atoms with Gasteiger partial charge in [0.1, 0.15) is 10.7 Å². The van der Waals surface area contributed by atoms with E-state index in [1.807, 2.05) is 20.9 Å². The summed E-state index contributed by atoms with van der Waals surface area (Å²) in [7, 11) is -1.50. The van der Waals surface area contributed by atoms with Crippen molar-refractivity contribution in [1.82, 2.24) is 14.6 Å². The molecule has 2 rings (SSSR count). The van der Waals surface area contributed by atoms with Gasteiger partial charge in [0.2, 0.25) is 10.0 Å². The molecular weight excluding hydrogens is 288 g/mol. The summed E-state index contributed by atoms with van der Waals surface area (Å²) in [5.74, 6) is 0.399. The van der Waals surface area contributed by atoms with Crippen molar-refractivity contribution in [1.29, 1.82) is 0 Å². The van der Waals surface area contributed by atoms with Crippen molar-refractivity contribution < 1.29 is 8.42 Å². The second-order valence-corrected chi connectivity index (χ2v) is 7.21. The standard InChI is InChI=1S/C14H24N4O2S/c1-4-15-14-13(6-5-9-16-14)21(19,20)17-10-11(2)18(3)12-7-8-12/h5-6,9,11-12,17H,4,7-8,10H2,1-3H3,(H,15,16). The quantitative estimate of drug-likeness (QED) is 0.756. The Morgan fingerprint density at radius 1 is 1.48 bits per heavy atom. The number of hydrogen-bond acceptors (Lipinski definition) is 5. The molecule has 21 heavy (non-hydrogen) atoms.